The third-order valence-electron chi connectivity index (χ3n) is 2.17. The number of rotatable bonds is 5. The molecule has 0 aliphatic heterocycles. The van der Waals surface area contributed by atoms with Crippen LogP contribution in [0.4, 0.5) is 5.69 Å². The first-order chi connectivity index (χ1) is 7.81. The van der Waals surface area contributed by atoms with Crippen LogP contribution in [0.3, 0.4) is 0 Å². The van der Waals surface area contributed by atoms with Gasteiger partial charge in [-0.05, 0) is 30.2 Å². The molecule has 0 radical (unpaired) electrons. The predicted molar refractivity (Wildman–Crippen MR) is 69.1 cm³/mol. The minimum absolute atomic E-state index is 0.670. The molecule has 0 aromatic heterocycles. The Labute approximate surface area is 96.0 Å². The van der Waals surface area contributed by atoms with Crippen molar-refractivity contribution in [2.24, 2.45) is 0 Å². The Bertz CT molecular complexity index is 413. The third kappa shape index (κ3) is 3.24. The highest BCUT2D eigenvalue weighted by Crippen LogP contribution is 2.18. The maximum atomic E-state index is 10.2. The Morgan fingerprint density at radius 1 is 1.31 bits per heavy atom. The van der Waals surface area contributed by atoms with Gasteiger partial charge in [-0.2, -0.15) is 0 Å². The van der Waals surface area contributed by atoms with Gasteiger partial charge in [-0.1, -0.05) is 43.0 Å². The molecule has 0 fully saturated rings. The lowest BCUT2D eigenvalue weighted by atomic mass is 10.0. The SMILES string of the molecule is C=C/C=C\C(=C/C)c1ccc(NC=O)cc1. The first-order valence-corrected chi connectivity index (χ1v) is 5.08. The van der Waals surface area contributed by atoms with E-state index in [1.807, 2.05) is 49.4 Å². The molecule has 0 atom stereocenters. The van der Waals surface area contributed by atoms with Crippen LogP contribution in [0.15, 0.2) is 55.1 Å². The maximum Gasteiger partial charge on any atom is 0.211 e. The topological polar surface area (TPSA) is 29.1 Å². The summed E-state index contributed by atoms with van der Waals surface area (Å²) in [4.78, 5) is 10.2. The highest BCUT2D eigenvalue weighted by Gasteiger charge is 1.96. The molecule has 1 amide bonds. The van der Waals surface area contributed by atoms with Crippen LogP contribution in [0.1, 0.15) is 12.5 Å². The molecule has 0 bridgehead atoms. The van der Waals surface area contributed by atoms with E-state index in [4.69, 9.17) is 0 Å². The van der Waals surface area contributed by atoms with Crippen molar-refractivity contribution >= 4 is 17.7 Å². The Morgan fingerprint density at radius 3 is 2.50 bits per heavy atom. The standard InChI is InChI=1S/C14H15NO/c1-3-5-6-12(4-2)13-7-9-14(10-8-13)15-11-16/h3-11H,1H2,2H3,(H,15,16)/b6-5-,12-4+. The quantitative estimate of drug-likeness (QED) is 0.589. The van der Waals surface area contributed by atoms with Gasteiger partial charge in [0.1, 0.15) is 0 Å². The molecule has 0 heterocycles. The van der Waals surface area contributed by atoms with E-state index < -0.39 is 0 Å². The molecular weight excluding hydrogens is 198 g/mol. The van der Waals surface area contributed by atoms with Gasteiger partial charge in [0.2, 0.25) is 6.41 Å². The van der Waals surface area contributed by atoms with Crippen molar-refractivity contribution in [3.05, 3.63) is 60.7 Å². The van der Waals surface area contributed by atoms with E-state index in [2.05, 4.69) is 11.9 Å². The molecule has 0 aliphatic carbocycles. The number of benzene rings is 1. The smallest absolute Gasteiger partial charge is 0.211 e. The van der Waals surface area contributed by atoms with Crippen LogP contribution in [-0.2, 0) is 4.79 Å². The van der Waals surface area contributed by atoms with Crippen molar-refractivity contribution in [3.63, 3.8) is 0 Å². The van der Waals surface area contributed by atoms with Crippen LogP contribution in [-0.4, -0.2) is 6.41 Å². The molecule has 16 heavy (non-hydrogen) atoms. The molecule has 1 aromatic carbocycles. The van der Waals surface area contributed by atoms with Gasteiger partial charge in [0.15, 0.2) is 0 Å². The minimum Gasteiger partial charge on any atom is -0.329 e. The fourth-order valence-electron chi connectivity index (χ4n) is 1.36. The zero-order valence-electron chi connectivity index (χ0n) is 9.31. The monoisotopic (exact) mass is 213 g/mol. The molecule has 82 valence electrons. The summed E-state index contributed by atoms with van der Waals surface area (Å²) in [7, 11) is 0. The summed E-state index contributed by atoms with van der Waals surface area (Å²) >= 11 is 0. The second-order valence-corrected chi connectivity index (χ2v) is 3.18. The molecule has 0 saturated carbocycles. The van der Waals surface area contributed by atoms with Gasteiger partial charge in [-0.15, -0.1) is 0 Å². The molecule has 2 nitrogen and oxygen atoms in total. The normalized spacial score (nSPS) is 11.4. The lowest BCUT2D eigenvalue weighted by molar-refractivity contribution is -0.105. The number of amides is 1. The Hall–Kier alpha value is -2.09. The number of carbonyl (C=O) groups excluding carboxylic acids is 1. The zero-order chi connectivity index (χ0) is 11.8. The van der Waals surface area contributed by atoms with E-state index in [9.17, 15) is 4.79 Å². The van der Waals surface area contributed by atoms with Crippen LogP contribution in [0.25, 0.3) is 5.57 Å². The summed E-state index contributed by atoms with van der Waals surface area (Å²) in [6.45, 7) is 5.62. The summed E-state index contributed by atoms with van der Waals surface area (Å²) in [5.74, 6) is 0. The fourth-order valence-corrected chi connectivity index (χ4v) is 1.36. The number of hydrogen-bond acceptors (Lipinski definition) is 1. The van der Waals surface area contributed by atoms with Crippen LogP contribution in [0, 0.1) is 0 Å². The maximum absolute atomic E-state index is 10.2. The highest BCUT2D eigenvalue weighted by molar-refractivity contribution is 5.77. The van der Waals surface area contributed by atoms with Gasteiger partial charge in [-0.25, -0.2) is 0 Å². The second kappa shape index (κ2) is 6.40. The molecule has 0 aliphatic rings. The number of allylic oxidation sites excluding steroid dienone is 5. The summed E-state index contributed by atoms with van der Waals surface area (Å²) in [6, 6.07) is 7.67. The minimum atomic E-state index is 0.670. The highest BCUT2D eigenvalue weighted by atomic mass is 16.1. The predicted octanol–water partition coefficient (Wildman–Crippen LogP) is 3.40. The number of carbonyl (C=O) groups is 1. The summed E-state index contributed by atoms with van der Waals surface area (Å²) < 4.78 is 0. The van der Waals surface area contributed by atoms with E-state index in [-0.39, 0.29) is 0 Å². The molecule has 2 heteroatoms. The average Bonchev–Trinajstić information content (AvgIpc) is 2.32. The summed E-state index contributed by atoms with van der Waals surface area (Å²) in [6.07, 6.45) is 8.33. The second-order valence-electron chi connectivity index (χ2n) is 3.18. The van der Waals surface area contributed by atoms with E-state index in [0.717, 1.165) is 16.8 Å². The molecule has 0 saturated heterocycles. The van der Waals surface area contributed by atoms with Crippen LogP contribution >= 0.6 is 0 Å². The number of nitrogens with one attached hydrogen (secondary N) is 1. The Morgan fingerprint density at radius 2 is 2.00 bits per heavy atom. The third-order valence-corrected chi connectivity index (χ3v) is 2.17. The first-order valence-electron chi connectivity index (χ1n) is 5.08. The molecular formula is C14H15NO. The lowest BCUT2D eigenvalue weighted by Gasteiger charge is -2.03. The van der Waals surface area contributed by atoms with Crippen molar-refractivity contribution in [1.29, 1.82) is 0 Å². The largest absolute Gasteiger partial charge is 0.329 e. The Balaban J connectivity index is 2.91. The van der Waals surface area contributed by atoms with E-state index >= 15 is 0 Å². The van der Waals surface area contributed by atoms with E-state index in [1.54, 1.807) is 6.08 Å². The number of hydrogen-bond donors (Lipinski definition) is 1. The van der Waals surface area contributed by atoms with Crippen molar-refractivity contribution in [2.75, 3.05) is 5.32 Å². The van der Waals surface area contributed by atoms with E-state index in [0.29, 0.717) is 6.41 Å². The molecule has 0 spiro atoms. The Kier molecular flexibility index (Phi) is 4.80. The van der Waals surface area contributed by atoms with E-state index in [1.165, 1.54) is 0 Å². The van der Waals surface area contributed by atoms with Gasteiger partial charge < -0.3 is 5.32 Å². The molecule has 0 unspecified atom stereocenters. The summed E-state index contributed by atoms with van der Waals surface area (Å²) in [5, 5.41) is 2.60. The van der Waals surface area contributed by atoms with Crippen molar-refractivity contribution in [2.45, 2.75) is 6.92 Å². The van der Waals surface area contributed by atoms with Crippen molar-refractivity contribution < 1.29 is 4.79 Å². The average molecular weight is 213 g/mol. The van der Waals surface area contributed by atoms with Gasteiger partial charge in [0, 0.05) is 5.69 Å². The molecule has 1 N–H and O–H groups in total. The zero-order valence-corrected chi connectivity index (χ0v) is 9.31. The lowest BCUT2D eigenvalue weighted by Crippen LogP contribution is -1.93. The van der Waals surface area contributed by atoms with Crippen molar-refractivity contribution in [3.8, 4) is 0 Å². The molecule has 1 rings (SSSR count). The number of anilines is 1. The van der Waals surface area contributed by atoms with Crippen LogP contribution < -0.4 is 5.32 Å². The molecule has 1 aromatic rings. The van der Waals surface area contributed by atoms with Crippen LogP contribution in [0.2, 0.25) is 0 Å². The van der Waals surface area contributed by atoms with Gasteiger partial charge >= 0.3 is 0 Å². The van der Waals surface area contributed by atoms with Crippen LogP contribution in [0.5, 0.6) is 0 Å². The van der Waals surface area contributed by atoms with Gasteiger partial charge in [0.25, 0.3) is 0 Å². The fraction of sp³-hybridized carbons (Fsp3) is 0.0714. The summed E-state index contributed by atoms with van der Waals surface area (Å²) in [5.41, 5.74) is 3.02. The first kappa shape index (κ1) is 12.0. The van der Waals surface area contributed by atoms with Gasteiger partial charge in [0.05, 0.1) is 0 Å². The van der Waals surface area contributed by atoms with Gasteiger partial charge in [-0.3, -0.25) is 4.79 Å². The van der Waals surface area contributed by atoms with Crippen molar-refractivity contribution in [1.82, 2.24) is 0 Å².